The largest absolute Gasteiger partial charge is 0.399 e. The minimum Gasteiger partial charge on any atom is -0.399 e. The first-order valence-electron chi connectivity index (χ1n) is 6.57. The maximum absolute atomic E-state index is 5.69. The van der Waals surface area contributed by atoms with Crippen molar-refractivity contribution in [3.8, 4) is 0 Å². The first-order chi connectivity index (χ1) is 8.19. The Hall–Kier alpha value is -1.24. The second kappa shape index (κ2) is 7.16. The van der Waals surface area contributed by atoms with Gasteiger partial charge in [0.25, 0.3) is 0 Å². The van der Waals surface area contributed by atoms with Gasteiger partial charge in [0.15, 0.2) is 0 Å². The van der Waals surface area contributed by atoms with Crippen molar-refractivity contribution in [1.29, 1.82) is 0 Å². The van der Waals surface area contributed by atoms with Crippen LogP contribution in [-0.4, -0.2) is 0 Å². The topological polar surface area (TPSA) is 26.0 Å². The van der Waals surface area contributed by atoms with Gasteiger partial charge in [0, 0.05) is 5.70 Å². The number of hydrogen-bond donors (Lipinski definition) is 1. The SMILES string of the molecule is C=CCC1CCCC1C/C=C/C(=C\C)C(=C)N. The molecular formula is C16H25N. The molecule has 1 saturated carbocycles. The first-order valence-corrected chi connectivity index (χ1v) is 6.57. The van der Waals surface area contributed by atoms with Crippen LogP contribution in [0.3, 0.4) is 0 Å². The van der Waals surface area contributed by atoms with Crippen LogP contribution in [0.1, 0.15) is 39.0 Å². The van der Waals surface area contributed by atoms with Crippen molar-refractivity contribution in [1.82, 2.24) is 0 Å². The maximum atomic E-state index is 5.69. The molecule has 0 bridgehead atoms. The van der Waals surface area contributed by atoms with E-state index in [1.165, 1.54) is 25.7 Å². The number of rotatable bonds is 6. The summed E-state index contributed by atoms with van der Waals surface area (Å²) in [7, 11) is 0. The zero-order valence-electron chi connectivity index (χ0n) is 11.0. The van der Waals surface area contributed by atoms with Gasteiger partial charge >= 0.3 is 0 Å². The first kappa shape index (κ1) is 13.8. The summed E-state index contributed by atoms with van der Waals surface area (Å²) in [6, 6.07) is 0. The summed E-state index contributed by atoms with van der Waals surface area (Å²) in [5.41, 5.74) is 7.38. The van der Waals surface area contributed by atoms with Gasteiger partial charge in [0.05, 0.1) is 0 Å². The smallest absolute Gasteiger partial charge is 0.0311 e. The molecule has 1 fully saturated rings. The predicted octanol–water partition coefficient (Wildman–Crippen LogP) is 4.34. The molecule has 17 heavy (non-hydrogen) atoms. The molecule has 94 valence electrons. The number of hydrogen-bond acceptors (Lipinski definition) is 1. The third-order valence-electron chi connectivity index (χ3n) is 3.70. The van der Waals surface area contributed by atoms with Gasteiger partial charge < -0.3 is 5.73 Å². The normalized spacial score (nSPS) is 25.4. The molecule has 0 radical (unpaired) electrons. The molecule has 1 aliphatic rings. The quantitative estimate of drug-likeness (QED) is 0.534. The minimum atomic E-state index is 0.651. The monoisotopic (exact) mass is 231 g/mol. The molecule has 0 saturated heterocycles. The molecule has 1 aliphatic carbocycles. The van der Waals surface area contributed by atoms with E-state index in [0.29, 0.717) is 5.70 Å². The average molecular weight is 231 g/mol. The van der Waals surface area contributed by atoms with Gasteiger partial charge in [0.1, 0.15) is 0 Å². The Morgan fingerprint density at radius 2 is 1.94 bits per heavy atom. The zero-order valence-corrected chi connectivity index (χ0v) is 11.0. The highest BCUT2D eigenvalue weighted by atomic mass is 14.6. The van der Waals surface area contributed by atoms with E-state index in [9.17, 15) is 0 Å². The molecule has 1 heteroatoms. The van der Waals surface area contributed by atoms with Crippen LogP contribution < -0.4 is 5.73 Å². The van der Waals surface area contributed by atoms with Gasteiger partial charge in [-0.2, -0.15) is 0 Å². The fraction of sp³-hybridized carbons (Fsp3) is 0.500. The Bertz CT molecular complexity index is 322. The Morgan fingerprint density at radius 3 is 2.47 bits per heavy atom. The third-order valence-corrected chi connectivity index (χ3v) is 3.70. The summed E-state index contributed by atoms with van der Waals surface area (Å²) < 4.78 is 0. The van der Waals surface area contributed by atoms with Crippen molar-refractivity contribution in [2.24, 2.45) is 17.6 Å². The highest BCUT2D eigenvalue weighted by Crippen LogP contribution is 2.36. The summed E-state index contributed by atoms with van der Waals surface area (Å²) >= 11 is 0. The predicted molar refractivity (Wildman–Crippen MR) is 76.5 cm³/mol. The van der Waals surface area contributed by atoms with Crippen LogP contribution in [0.2, 0.25) is 0 Å². The molecule has 2 atom stereocenters. The van der Waals surface area contributed by atoms with E-state index in [2.05, 4.69) is 31.4 Å². The fourth-order valence-electron chi connectivity index (χ4n) is 2.71. The molecular weight excluding hydrogens is 206 g/mol. The van der Waals surface area contributed by atoms with Crippen LogP contribution >= 0.6 is 0 Å². The second-order valence-corrected chi connectivity index (χ2v) is 4.88. The van der Waals surface area contributed by atoms with Crippen molar-refractivity contribution in [2.45, 2.75) is 39.0 Å². The summed E-state index contributed by atoms with van der Waals surface area (Å²) in [4.78, 5) is 0. The Balaban J connectivity index is 2.46. The highest BCUT2D eigenvalue weighted by molar-refractivity contribution is 5.35. The zero-order chi connectivity index (χ0) is 12.7. The van der Waals surface area contributed by atoms with Gasteiger partial charge in [-0.1, -0.05) is 37.3 Å². The van der Waals surface area contributed by atoms with Crippen LogP contribution in [0.5, 0.6) is 0 Å². The molecule has 0 amide bonds. The van der Waals surface area contributed by atoms with Crippen LogP contribution in [-0.2, 0) is 0 Å². The lowest BCUT2D eigenvalue weighted by Crippen LogP contribution is -2.05. The van der Waals surface area contributed by atoms with Gasteiger partial charge in [-0.3, -0.25) is 0 Å². The van der Waals surface area contributed by atoms with Crippen molar-refractivity contribution < 1.29 is 0 Å². The van der Waals surface area contributed by atoms with E-state index >= 15 is 0 Å². The minimum absolute atomic E-state index is 0.651. The molecule has 0 aromatic carbocycles. The molecule has 0 aromatic rings. The van der Waals surface area contributed by atoms with Gasteiger partial charge in [-0.05, 0) is 50.0 Å². The van der Waals surface area contributed by atoms with Crippen LogP contribution in [0.25, 0.3) is 0 Å². The fourth-order valence-corrected chi connectivity index (χ4v) is 2.71. The summed E-state index contributed by atoms with van der Waals surface area (Å²) in [6.45, 7) is 9.61. The number of allylic oxidation sites excluding steroid dienone is 4. The molecule has 0 aliphatic heterocycles. The van der Waals surface area contributed by atoms with Gasteiger partial charge in [-0.25, -0.2) is 0 Å². The molecule has 2 N–H and O–H groups in total. The van der Waals surface area contributed by atoms with Crippen LogP contribution in [0, 0.1) is 11.8 Å². The average Bonchev–Trinajstić information content (AvgIpc) is 2.72. The van der Waals surface area contributed by atoms with E-state index in [1.54, 1.807) is 0 Å². The van der Waals surface area contributed by atoms with Crippen LogP contribution in [0.4, 0.5) is 0 Å². The lowest BCUT2D eigenvalue weighted by Gasteiger charge is -2.15. The van der Waals surface area contributed by atoms with E-state index in [0.717, 1.165) is 23.8 Å². The van der Waals surface area contributed by atoms with E-state index in [1.807, 2.05) is 13.0 Å². The lowest BCUT2D eigenvalue weighted by atomic mass is 9.90. The number of nitrogens with two attached hydrogens (primary N) is 1. The third kappa shape index (κ3) is 4.26. The van der Waals surface area contributed by atoms with Crippen molar-refractivity contribution in [3.05, 3.63) is 48.7 Å². The van der Waals surface area contributed by atoms with E-state index < -0.39 is 0 Å². The molecule has 1 rings (SSSR count). The van der Waals surface area contributed by atoms with E-state index in [-0.39, 0.29) is 0 Å². The molecule has 0 aromatic heterocycles. The summed E-state index contributed by atoms with van der Waals surface area (Å²) in [6.07, 6.45) is 14.8. The summed E-state index contributed by atoms with van der Waals surface area (Å²) in [5, 5.41) is 0. The van der Waals surface area contributed by atoms with Crippen molar-refractivity contribution in [3.63, 3.8) is 0 Å². The molecule has 0 spiro atoms. The van der Waals surface area contributed by atoms with E-state index in [4.69, 9.17) is 5.73 Å². The molecule has 0 heterocycles. The summed E-state index contributed by atoms with van der Waals surface area (Å²) in [5.74, 6) is 1.67. The highest BCUT2D eigenvalue weighted by Gasteiger charge is 2.24. The Morgan fingerprint density at radius 1 is 1.29 bits per heavy atom. The maximum Gasteiger partial charge on any atom is 0.0311 e. The standard InChI is InChI=1S/C16H25N/c1-4-8-15-10-7-12-16(15)11-6-9-14(5-2)13(3)17/h4-6,9,15-16H,1,3,7-8,10-12,17H2,2H3/b9-6+,14-5+. The Labute approximate surface area is 106 Å². The molecule has 1 nitrogen and oxygen atoms in total. The van der Waals surface area contributed by atoms with Crippen molar-refractivity contribution in [2.75, 3.05) is 0 Å². The van der Waals surface area contributed by atoms with Crippen molar-refractivity contribution >= 4 is 0 Å². The van der Waals surface area contributed by atoms with Gasteiger partial charge in [-0.15, -0.1) is 6.58 Å². The molecule has 2 unspecified atom stereocenters. The Kier molecular flexibility index (Phi) is 5.82. The van der Waals surface area contributed by atoms with Crippen LogP contribution in [0.15, 0.2) is 48.7 Å². The lowest BCUT2D eigenvalue weighted by molar-refractivity contribution is 0.395. The van der Waals surface area contributed by atoms with Gasteiger partial charge in [0.2, 0.25) is 0 Å². The second-order valence-electron chi connectivity index (χ2n) is 4.88.